The summed E-state index contributed by atoms with van der Waals surface area (Å²) >= 11 is 0. The van der Waals surface area contributed by atoms with Crippen molar-refractivity contribution < 1.29 is 9.90 Å². The number of carboxylic acids is 1. The van der Waals surface area contributed by atoms with Crippen LogP contribution >= 0.6 is 0 Å². The Morgan fingerprint density at radius 2 is 2.14 bits per heavy atom. The Hall–Kier alpha value is -0.610. The van der Waals surface area contributed by atoms with Crippen LogP contribution in [-0.2, 0) is 4.79 Å². The zero-order valence-electron chi connectivity index (χ0n) is 9.10. The summed E-state index contributed by atoms with van der Waals surface area (Å²) in [5.74, 6) is -0.266. The molecular weight excluding hydrogens is 180 g/mol. The fourth-order valence-corrected chi connectivity index (χ4v) is 2.31. The van der Waals surface area contributed by atoms with Crippen molar-refractivity contribution in [2.75, 3.05) is 6.54 Å². The van der Waals surface area contributed by atoms with Crippen LogP contribution in [0.3, 0.4) is 0 Å². The summed E-state index contributed by atoms with van der Waals surface area (Å²) in [6.07, 6.45) is 1.14. The molecule has 1 aliphatic rings. The fraction of sp³-hybridized carbons (Fsp3) is 0.900. The standard InChI is InChI=1S/C10H20N2O2/c1-6-4-7(2)12(5-6)8(3)9(11)10(13)14/h6-9H,4-5,11H2,1-3H3,(H,13,14). The van der Waals surface area contributed by atoms with Gasteiger partial charge in [-0.1, -0.05) is 6.92 Å². The van der Waals surface area contributed by atoms with E-state index < -0.39 is 12.0 Å². The van der Waals surface area contributed by atoms with E-state index in [1.165, 1.54) is 0 Å². The maximum absolute atomic E-state index is 10.7. The van der Waals surface area contributed by atoms with Gasteiger partial charge in [0.1, 0.15) is 6.04 Å². The number of aliphatic carboxylic acids is 1. The molecule has 0 aliphatic carbocycles. The number of likely N-dealkylation sites (tertiary alicyclic amines) is 1. The van der Waals surface area contributed by atoms with Crippen LogP contribution in [0.2, 0.25) is 0 Å². The first-order valence-corrected chi connectivity index (χ1v) is 5.17. The first-order chi connectivity index (χ1) is 6.43. The molecule has 0 aromatic carbocycles. The molecule has 0 bridgehead atoms. The molecule has 0 amide bonds. The molecule has 1 aliphatic heterocycles. The van der Waals surface area contributed by atoms with E-state index in [-0.39, 0.29) is 6.04 Å². The van der Waals surface area contributed by atoms with Gasteiger partial charge in [-0.3, -0.25) is 9.69 Å². The summed E-state index contributed by atoms with van der Waals surface area (Å²) < 4.78 is 0. The smallest absolute Gasteiger partial charge is 0.322 e. The molecule has 0 aromatic heterocycles. The Kier molecular flexibility index (Phi) is 3.50. The van der Waals surface area contributed by atoms with E-state index in [0.717, 1.165) is 13.0 Å². The SMILES string of the molecule is CC1CC(C)N(C(C)C(N)C(=O)O)C1. The summed E-state index contributed by atoms with van der Waals surface area (Å²) in [5, 5.41) is 8.81. The third kappa shape index (κ3) is 2.25. The van der Waals surface area contributed by atoms with Crippen LogP contribution in [0.15, 0.2) is 0 Å². The molecule has 1 heterocycles. The van der Waals surface area contributed by atoms with E-state index in [9.17, 15) is 4.79 Å². The Morgan fingerprint density at radius 3 is 2.50 bits per heavy atom. The monoisotopic (exact) mass is 200 g/mol. The van der Waals surface area contributed by atoms with E-state index in [1.54, 1.807) is 0 Å². The van der Waals surface area contributed by atoms with Crippen LogP contribution in [0, 0.1) is 5.92 Å². The lowest BCUT2D eigenvalue weighted by molar-refractivity contribution is -0.140. The molecule has 1 saturated heterocycles. The molecule has 0 radical (unpaired) electrons. The van der Waals surface area contributed by atoms with E-state index in [2.05, 4.69) is 18.7 Å². The number of rotatable bonds is 3. The second kappa shape index (κ2) is 4.28. The molecule has 4 unspecified atom stereocenters. The topological polar surface area (TPSA) is 66.6 Å². The van der Waals surface area contributed by atoms with Crippen LogP contribution in [0.25, 0.3) is 0 Å². The van der Waals surface area contributed by atoms with Gasteiger partial charge in [-0.05, 0) is 26.2 Å². The number of nitrogens with zero attached hydrogens (tertiary/aromatic N) is 1. The number of hydrogen-bond acceptors (Lipinski definition) is 3. The van der Waals surface area contributed by atoms with Crippen LogP contribution in [0.4, 0.5) is 0 Å². The molecule has 1 rings (SSSR count). The van der Waals surface area contributed by atoms with Gasteiger partial charge in [-0.15, -0.1) is 0 Å². The van der Waals surface area contributed by atoms with Crippen molar-refractivity contribution in [2.24, 2.45) is 11.7 Å². The number of carbonyl (C=O) groups is 1. The van der Waals surface area contributed by atoms with Gasteiger partial charge in [0.05, 0.1) is 0 Å². The van der Waals surface area contributed by atoms with Crippen molar-refractivity contribution in [3.8, 4) is 0 Å². The van der Waals surface area contributed by atoms with Crippen molar-refractivity contribution in [1.82, 2.24) is 4.90 Å². The molecular formula is C10H20N2O2. The normalized spacial score (nSPS) is 32.9. The number of carboxylic acid groups (broad SMARTS) is 1. The minimum atomic E-state index is -0.913. The molecule has 82 valence electrons. The van der Waals surface area contributed by atoms with Crippen LogP contribution in [-0.4, -0.2) is 40.6 Å². The zero-order chi connectivity index (χ0) is 10.9. The van der Waals surface area contributed by atoms with Crippen LogP contribution < -0.4 is 5.73 Å². The molecule has 3 N–H and O–H groups in total. The Morgan fingerprint density at radius 1 is 1.57 bits per heavy atom. The highest BCUT2D eigenvalue weighted by Crippen LogP contribution is 2.25. The van der Waals surface area contributed by atoms with Crippen molar-refractivity contribution >= 4 is 5.97 Å². The molecule has 4 nitrogen and oxygen atoms in total. The van der Waals surface area contributed by atoms with Crippen molar-refractivity contribution in [3.63, 3.8) is 0 Å². The highest BCUT2D eigenvalue weighted by molar-refractivity contribution is 5.74. The molecule has 0 saturated carbocycles. The highest BCUT2D eigenvalue weighted by Gasteiger charge is 2.34. The minimum Gasteiger partial charge on any atom is -0.480 e. The number of hydrogen-bond donors (Lipinski definition) is 2. The lowest BCUT2D eigenvalue weighted by Crippen LogP contribution is -2.51. The molecule has 0 spiro atoms. The van der Waals surface area contributed by atoms with Crippen LogP contribution in [0.5, 0.6) is 0 Å². The van der Waals surface area contributed by atoms with Gasteiger partial charge in [0.2, 0.25) is 0 Å². The van der Waals surface area contributed by atoms with Gasteiger partial charge in [-0.25, -0.2) is 0 Å². The summed E-state index contributed by atoms with van der Waals surface area (Å²) in [4.78, 5) is 12.9. The molecule has 4 atom stereocenters. The zero-order valence-corrected chi connectivity index (χ0v) is 9.10. The first kappa shape index (κ1) is 11.5. The summed E-state index contributed by atoms with van der Waals surface area (Å²) in [6, 6.07) is -0.402. The van der Waals surface area contributed by atoms with Gasteiger partial charge >= 0.3 is 5.97 Å². The largest absolute Gasteiger partial charge is 0.480 e. The Balaban J connectivity index is 2.60. The molecule has 4 heteroatoms. The van der Waals surface area contributed by atoms with E-state index in [1.807, 2.05) is 6.92 Å². The second-order valence-corrected chi connectivity index (χ2v) is 4.49. The predicted octanol–water partition coefficient (Wildman–Crippen LogP) is 0.517. The van der Waals surface area contributed by atoms with Gasteiger partial charge in [-0.2, -0.15) is 0 Å². The summed E-state index contributed by atoms with van der Waals surface area (Å²) in [6.45, 7) is 7.18. The van der Waals surface area contributed by atoms with Gasteiger partial charge in [0.25, 0.3) is 0 Å². The average Bonchev–Trinajstić information content (AvgIpc) is 2.42. The van der Waals surface area contributed by atoms with Gasteiger partial charge in [0.15, 0.2) is 0 Å². The quantitative estimate of drug-likeness (QED) is 0.697. The first-order valence-electron chi connectivity index (χ1n) is 5.17. The molecule has 0 aromatic rings. The lowest BCUT2D eigenvalue weighted by Gasteiger charge is -2.30. The summed E-state index contributed by atoms with van der Waals surface area (Å²) in [5.41, 5.74) is 5.61. The third-order valence-electron chi connectivity index (χ3n) is 3.16. The lowest BCUT2D eigenvalue weighted by atomic mass is 10.1. The minimum absolute atomic E-state index is 0.0764. The molecule has 14 heavy (non-hydrogen) atoms. The second-order valence-electron chi connectivity index (χ2n) is 4.49. The predicted molar refractivity (Wildman–Crippen MR) is 55.0 cm³/mol. The maximum Gasteiger partial charge on any atom is 0.322 e. The van der Waals surface area contributed by atoms with E-state index in [4.69, 9.17) is 10.8 Å². The van der Waals surface area contributed by atoms with Crippen LogP contribution in [0.1, 0.15) is 27.2 Å². The number of nitrogens with two attached hydrogens (primary N) is 1. The Bertz CT molecular complexity index is 220. The fourth-order valence-electron chi connectivity index (χ4n) is 2.31. The Labute approximate surface area is 85.1 Å². The van der Waals surface area contributed by atoms with Gasteiger partial charge < -0.3 is 10.8 Å². The maximum atomic E-state index is 10.7. The van der Waals surface area contributed by atoms with Crippen molar-refractivity contribution in [1.29, 1.82) is 0 Å². The van der Waals surface area contributed by atoms with E-state index in [0.29, 0.717) is 12.0 Å². The highest BCUT2D eigenvalue weighted by atomic mass is 16.4. The molecule has 1 fully saturated rings. The van der Waals surface area contributed by atoms with E-state index >= 15 is 0 Å². The van der Waals surface area contributed by atoms with Gasteiger partial charge in [0, 0.05) is 18.6 Å². The van der Waals surface area contributed by atoms with Crippen molar-refractivity contribution in [3.05, 3.63) is 0 Å². The third-order valence-corrected chi connectivity index (χ3v) is 3.16. The summed E-state index contributed by atoms with van der Waals surface area (Å²) in [7, 11) is 0. The average molecular weight is 200 g/mol. The van der Waals surface area contributed by atoms with Crippen molar-refractivity contribution in [2.45, 2.75) is 45.3 Å².